The van der Waals surface area contributed by atoms with Crippen molar-refractivity contribution < 1.29 is 14.6 Å². The maximum atomic E-state index is 10.9. The largest absolute Gasteiger partial charge is 0.479 e. The van der Waals surface area contributed by atoms with E-state index in [2.05, 4.69) is 10.1 Å². The van der Waals surface area contributed by atoms with Crippen molar-refractivity contribution in [2.75, 3.05) is 0 Å². The average molecular weight is 273 g/mol. The summed E-state index contributed by atoms with van der Waals surface area (Å²) in [5, 5.41) is 13.3. The number of carboxylic acids is 1. The van der Waals surface area contributed by atoms with Gasteiger partial charge in [0.1, 0.15) is 6.10 Å². The first kappa shape index (κ1) is 12.8. The standard InChI is InChI=1S/C14H15N3O3/c1-17-13(10-7-8-11(20-10)14(18)19)15-12(16-17)9-5-3-2-4-6-9/h2-6,10-11H,7-8H2,1H3,(H,18,19). The van der Waals surface area contributed by atoms with E-state index in [1.165, 1.54) is 0 Å². The van der Waals surface area contributed by atoms with Crippen LogP contribution in [-0.4, -0.2) is 31.9 Å². The van der Waals surface area contributed by atoms with Crippen LogP contribution in [0.5, 0.6) is 0 Å². The predicted molar refractivity (Wildman–Crippen MR) is 70.9 cm³/mol. The molecule has 2 atom stereocenters. The van der Waals surface area contributed by atoms with E-state index in [0.29, 0.717) is 24.5 Å². The molecule has 1 aromatic heterocycles. The van der Waals surface area contributed by atoms with Crippen molar-refractivity contribution in [2.24, 2.45) is 7.05 Å². The molecule has 20 heavy (non-hydrogen) atoms. The molecule has 1 aromatic carbocycles. The normalized spacial score (nSPS) is 22.1. The molecule has 1 aliphatic rings. The SMILES string of the molecule is Cn1nc(-c2ccccc2)nc1C1CCC(C(=O)O)O1. The zero-order chi connectivity index (χ0) is 14.1. The van der Waals surface area contributed by atoms with Crippen LogP contribution >= 0.6 is 0 Å². The lowest BCUT2D eigenvalue weighted by molar-refractivity contribution is -0.149. The Hall–Kier alpha value is -2.21. The Kier molecular flexibility index (Phi) is 3.23. The molecule has 3 rings (SSSR count). The first-order valence-corrected chi connectivity index (χ1v) is 6.50. The molecule has 104 valence electrons. The Morgan fingerprint density at radius 3 is 2.75 bits per heavy atom. The summed E-state index contributed by atoms with van der Waals surface area (Å²) < 4.78 is 7.18. The highest BCUT2D eigenvalue weighted by molar-refractivity contribution is 5.72. The average Bonchev–Trinajstić information content (AvgIpc) is 3.06. The predicted octanol–water partition coefficient (Wildman–Crippen LogP) is 1.79. The van der Waals surface area contributed by atoms with Gasteiger partial charge in [-0.2, -0.15) is 5.10 Å². The third kappa shape index (κ3) is 2.30. The molecule has 6 heteroatoms. The fourth-order valence-electron chi connectivity index (χ4n) is 2.40. The molecule has 0 aliphatic carbocycles. The fraction of sp³-hybridized carbons (Fsp3) is 0.357. The molecule has 1 N–H and O–H groups in total. The second kappa shape index (κ2) is 5.05. The molecule has 2 heterocycles. The lowest BCUT2D eigenvalue weighted by Crippen LogP contribution is -2.19. The van der Waals surface area contributed by atoms with E-state index in [1.807, 2.05) is 30.3 Å². The van der Waals surface area contributed by atoms with E-state index in [9.17, 15) is 4.79 Å². The van der Waals surface area contributed by atoms with Crippen molar-refractivity contribution >= 4 is 5.97 Å². The Morgan fingerprint density at radius 1 is 1.35 bits per heavy atom. The minimum absolute atomic E-state index is 0.300. The molecular weight excluding hydrogens is 258 g/mol. The van der Waals surface area contributed by atoms with Gasteiger partial charge >= 0.3 is 5.97 Å². The van der Waals surface area contributed by atoms with Gasteiger partial charge in [-0.25, -0.2) is 9.78 Å². The van der Waals surface area contributed by atoms with Gasteiger partial charge in [-0.3, -0.25) is 4.68 Å². The van der Waals surface area contributed by atoms with Gasteiger partial charge in [0.25, 0.3) is 0 Å². The quantitative estimate of drug-likeness (QED) is 0.922. The van der Waals surface area contributed by atoms with Gasteiger partial charge in [-0.1, -0.05) is 30.3 Å². The van der Waals surface area contributed by atoms with E-state index in [1.54, 1.807) is 11.7 Å². The van der Waals surface area contributed by atoms with Crippen molar-refractivity contribution in [3.8, 4) is 11.4 Å². The summed E-state index contributed by atoms with van der Waals surface area (Å²) in [6, 6.07) is 9.67. The van der Waals surface area contributed by atoms with Gasteiger partial charge in [0.05, 0.1) is 0 Å². The molecular formula is C14H15N3O3. The van der Waals surface area contributed by atoms with E-state index >= 15 is 0 Å². The summed E-state index contributed by atoms with van der Waals surface area (Å²) >= 11 is 0. The minimum atomic E-state index is -0.919. The minimum Gasteiger partial charge on any atom is -0.479 e. The Morgan fingerprint density at radius 2 is 2.10 bits per heavy atom. The van der Waals surface area contributed by atoms with E-state index < -0.39 is 12.1 Å². The van der Waals surface area contributed by atoms with Crippen LogP contribution in [0.15, 0.2) is 30.3 Å². The van der Waals surface area contributed by atoms with E-state index in [0.717, 1.165) is 5.56 Å². The number of ether oxygens (including phenoxy) is 1. The van der Waals surface area contributed by atoms with Crippen LogP contribution in [-0.2, 0) is 16.6 Å². The Labute approximate surface area is 116 Å². The van der Waals surface area contributed by atoms with Crippen molar-refractivity contribution in [2.45, 2.75) is 25.0 Å². The summed E-state index contributed by atoms with van der Waals surface area (Å²) in [4.78, 5) is 15.4. The fourth-order valence-corrected chi connectivity index (χ4v) is 2.40. The first-order valence-electron chi connectivity index (χ1n) is 6.50. The molecule has 2 aromatic rings. The lowest BCUT2D eigenvalue weighted by Gasteiger charge is -2.09. The molecule has 1 saturated heterocycles. The van der Waals surface area contributed by atoms with Crippen molar-refractivity contribution in [1.29, 1.82) is 0 Å². The number of rotatable bonds is 3. The Balaban J connectivity index is 1.85. The maximum Gasteiger partial charge on any atom is 0.332 e. The van der Waals surface area contributed by atoms with Gasteiger partial charge < -0.3 is 9.84 Å². The summed E-state index contributed by atoms with van der Waals surface area (Å²) in [5.74, 6) is 0.385. The molecule has 1 aliphatic heterocycles. The van der Waals surface area contributed by atoms with Crippen molar-refractivity contribution in [3.63, 3.8) is 0 Å². The van der Waals surface area contributed by atoms with Crippen LogP contribution < -0.4 is 0 Å². The lowest BCUT2D eigenvalue weighted by atomic mass is 10.2. The van der Waals surface area contributed by atoms with Gasteiger partial charge in [0.15, 0.2) is 17.8 Å². The van der Waals surface area contributed by atoms with Crippen LogP contribution in [0.1, 0.15) is 24.8 Å². The van der Waals surface area contributed by atoms with Crippen LogP contribution in [0.3, 0.4) is 0 Å². The summed E-state index contributed by atoms with van der Waals surface area (Å²) in [6.07, 6.45) is 0.119. The van der Waals surface area contributed by atoms with E-state index in [-0.39, 0.29) is 6.10 Å². The topological polar surface area (TPSA) is 77.2 Å². The number of carbonyl (C=O) groups is 1. The second-order valence-electron chi connectivity index (χ2n) is 4.81. The highest BCUT2D eigenvalue weighted by atomic mass is 16.5. The number of hydrogen-bond acceptors (Lipinski definition) is 4. The third-order valence-corrected chi connectivity index (χ3v) is 3.41. The molecule has 2 unspecified atom stereocenters. The summed E-state index contributed by atoms with van der Waals surface area (Å²) in [7, 11) is 1.80. The number of aliphatic carboxylic acids is 1. The number of nitrogens with zero attached hydrogens (tertiary/aromatic N) is 3. The zero-order valence-electron chi connectivity index (χ0n) is 11.1. The number of hydrogen-bond donors (Lipinski definition) is 1. The van der Waals surface area contributed by atoms with Crippen LogP contribution in [0, 0.1) is 0 Å². The van der Waals surface area contributed by atoms with E-state index in [4.69, 9.17) is 9.84 Å². The second-order valence-corrected chi connectivity index (χ2v) is 4.81. The molecule has 0 saturated carbocycles. The van der Waals surface area contributed by atoms with Crippen LogP contribution in [0.4, 0.5) is 0 Å². The maximum absolute atomic E-state index is 10.9. The van der Waals surface area contributed by atoms with Gasteiger partial charge in [0.2, 0.25) is 0 Å². The molecule has 6 nitrogen and oxygen atoms in total. The van der Waals surface area contributed by atoms with Crippen LogP contribution in [0.25, 0.3) is 11.4 Å². The monoisotopic (exact) mass is 273 g/mol. The Bertz CT molecular complexity index is 624. The highest BCUT2D eigenvalue weighted by Crippen LogP contribution is 2.32. The van der Waals surface area contributed by atoms with Gasteiger partial charge in [0, 0.05) is 12.6 Å². The van der Waals surface area contributed by atoms with Crippen molar-refractivity contribution in [1.82, 2.24) is 14.8 Å². The number of benzene rings is 1. The third-order valence-electron chi connectivity index (χ3n) is 3.41. The summed E-state index contributed by atoms with van der Waals surface area (Å²) in [5.41, 5.74) is 0.933. The van der Waals surface area contributed by atoms with Gasteiger partial charge in [-0.15, -0.1) is 0 Å². The first-order chi connectivity index (χ1) is 9.65. The van der Waals surface area contributed by atoms with Crippen molar-refractivity contribution in [3.05, 3.63) is 36.2 Å². The smallest absolute Gasteiger partial charge is 0.332 e. The van der Waals surface area contributed by atoms with Crippen LogP contribution in [0.2, 0.25) is 0 Å². The van der Waals surface area contributed by atoms with Gasteiger partial charge in [-0.05, 0) is 12.8 Å². The number of aromatic nitrogens is 3. The molecule has 0 bridgehead atoms. The molecule has 1 fully saturated rings. The number of aryl methyl sites for hydroxylation is 1. The summed E-state index contributed by atoms with van der Waals surface area (Å²) in [6.45, 7) is 0. The zero-order valence-corrected chi connectivity index (χ0v) is 11.1. The molecule has 0 amide bonds. The molecule has 0 radical (unpaired) electrons. The number of carboxylic acid groups (broad SMARTS) is 1. The molecule has 0 spiro atoms. The highest BCUT2D eigenvalue weighted by Gasteiger charge is 2.34.